The van der Waals surface area contributed by atoms with E-state index in [4.69, 9.17) is 15.7 Å². The standard InChI is InChI=1S/C13H9FN2O/c14-10-2-1-3-12(7-10)17-13-5-4-11(16)6-9(13)8-15/h1-7H,16H2. The van der Waals surface area contributed by atoms with E-state index in [1.165, 1.54) is 24.3 Å². The monoisotopic (exact) mass is 228 g/mol. The molecule has 0 aromatic heterocycles. The fourth-order valence-electron chi connectivity index (χ4n) is 1.38. The number of nitrogens with two attached hydrogens (primary N) is 1. The van der Waals surface area contributed by atoms with Gasteiger partial charge in [-0.25, -0.2) is 4.39 Å². The predicted molar refractivity (Wildman–Crippen MR) is 62.0 cm³/mol. The number of anilines is 1. The van der Waals surface area contributed by atoms with Gasteiger partial charge >= 0.3 is 0 Å². The number of nitrogens with zero attached hydrogens (tertiary/aromatic N) is 1. The first-order valence-corrected chi connectivity index (χ1v) is 4.92. The Balaban J connectivity index is 2.34. The smallest absolute Gasteiger partial charge is 0.145 e. The highest BCUT2D eigenvalue weighted by molar-refractivity contribution is 5.54. The zero-order valence-corrected chi connectivity index (χ0v) is 8.85. The van der Waals surface area contributed by atoms with Crippen molar-refractivity contribution in [3.05, 3.63) is 53.8 Å². The molecule has 0 aliphatic heterocycles. The highest BCUT2D eigenvalue weighted by atomic mass is 19.1. The van der Waals surface area contributed by atoms with Crippen molar-refractivity contribution in [3.8, 4) is 17.6 Å². The van der Waals surface area contributed by atoms with Crippen molar-refractivity contribution < 1.29 is 9.13 Å². The number of halogens is 1. The van der Waals surface area contributed by atoms with Crippen LogP contribution in [0.2, 0.25) is 0 Å². The first-order chi connectivity index (χ1) is 8.19. The number of ether oxygens (including phenoxy) is 1. The van der Waals surface area contributed by atoms with Gasteiger partial charge in [-0.15, -0.1) is 0 Å². The molecule has 0 spiro atoms. The molecule has 4 heteroatoms. The zero-order valence-electron chi connectivity index (χ0n) is 8.85. The van der Waals surface area contributed by atoms with Crippen LogP contribution in [0.15, 0.2) is 42.5 Å². The first kappa shape index (κ1) is 11.0. The fraction of sp³-hybridized carbons (Fsp3) is 0. The Labute approximate surface area is 97.9 Å². The van der Waals surface area contributed by atoms with Gasteiger partial charge in [0.25, 0.3) is 0 Å². The van der Waals surface area contributed by atoms with Gasteiger partial charge in [-0.05, 0) is 30.3 Å². The summed E-state index contributed by atoms with van der Waals surface area (Å²) < 4.78 is 18.4. The van der Waals surface area contributed by atoms with Gasteiger partial charge in [0.2, 0.25) is 0 Å². The van der Waals surface area contributed by atoms with Crippen LogP contribution in [0, 0.1) is 17.1 Å². The molecule has 2 aromatic rings. The van der Waals surface area contributed by atoms with E-state index >= 15 is 0 Å². The first-order valence-electron chi connectivity index (χ1n) is 4.92. The maximum atomic E-state index is 13.0. The van der Waals surface area contributed by atoms with Gasteiger partial charge < -0.3 is 10.5 Å². The van der Waals surface area contributed by atoms with Crippen LogP contribution in [0.1, 0.15) is 5.56 Å². The molecule has 0 aliphatic rings. The maximum Gasteiger partial charge on any atom is 0.145 e. The van der Waals surface area contributed by atoms with Crippen molar-refractivity contribution in [2.75, 3.05) is 5.73 Å². The van der Waals surface area contributed by atoms with E-state index in [0.29, 0.717) is 22.7 Å². The summed E-state index contributed by atoms with van der Waals surface area (Å²) in [6.45, 7) is 0. The topological polar surface area (TPSA) is 59.0 Å². The van der Waals surface area contributed by atoms with Gasteiger partial charge in [0, 0.05) is 11.8 Å². The van der Waals surface area contributed by atoms with Crippen LogP contribution in [-0.2, 0) is 0 Å². The highest BCUT2D eigenvalue weighted by Crippen LogP contribution is 2.26. The molecule has 0 aliphatic carbocycles. The third kappa shape index (κ3) is 2.52. The van der Waals surface area contributed by atoms with Gasteiger partial charge in [-0.3, -0.25) is 0 Å². The molecule has 0 unspecified atom stereocenters. The van der Waals surface area contributed by atoms with Gasteiger partial charge in [0.05, 0.1) is 5.56 Å². The molecule has 0 fully saturated rings. The molecular formula is C13H9FN2O. The highest BCUT2D eigenvalue weighted by Gasteiger charge is 2.05. The molecule has 0 atom stereocenters. The molecule has 2 aromatic carbocycles. The average molecular weight is 228 g/mol. The van der Waals surface area contributed by atoms with Crippen LogP contribution in [0.5, 0.6) is 11.5 Å². The van der Waals surface area contributed by atoms with Crippen LogP contribution >= 0.6 is 0 Å². The summed E-state index contributed by atoms with van der Waals surface area (Å²) in [7, 11) is 0. The average Bonchev–Trinajstić information content (AvgIpc) is 2.31. The van der Waals surface area contributed by atoms with Gasteiger partial charge in [0.1, 0.15) is 23.4 Å². The van der Waals surface area contributed by atoms with Crippen molar-refractivity contribution in [1.82, 2.24) is 0 Å². The summed E-state index contributed by atoms with van der Waals surface area (Å²) in [5.74, 6) is 0.301. The largest absolute Gasteiger partial charge is 0.456 e. The Morgan fingerprint density at radius 3 is 2.71 bits per heavy atom. The van der Waals surface area contributed by atoms with Crippen LogP contribution in [-0.4, -0.2) is 0 Å². The Morgan fingerprint density at radius 1 is 1.18 bits per heavy atom. The summed E-state index contributed by atoms with van der Waals surface area (Å²) in [6, 6.07) is 12.4. The van der Waals surface area contributed by atoms with Crippen LogP contribution in [0.3, 0.4) is 0 Å². The molecule has 0 bridgehead atoms. The molecule has 2 rings (SSSR count). The summed E-state index contributed by atoms with van der Waals surface area (Å²) in [5, 5.41) is 8.92. The SMILES string of the molecule is N#Cc1cc(N)ccc1Oc1cccc(F)c1. The minimum absolute atomic E-state index is 0.314. The molecule has 84 valence electrons. The number of nitriles is 1. The number of nitrogen functional groups attached to an aromatic ring is 1. The third-order valence-corrected chi connectivity index (χ3v) is 2.15. The Kier molecular flexibility index (Phi) is 2.93. The Bertz CT molecular complexity index is 590. The second-order valence-corrected chi connectivity index (χ2v) is 3.43. The third-order valence-electron chi connectivity index (χ3n) is 2.15. The number of rotatable bonds is 2. The molecule has 0 amide bonds. The second kappa shape index (κ2) is 4.54. The van der Waals surface area contributed by atoms with Gasteiger partial charge in [-0.1, -0.05) is 6.07 Å². The summed E-state index contributed by atoms with van der Waals surface area (Å²) in [4.78, 5) is 0. The lowest BCUT2D eigenvalue weighted by Gasteiger charge is -2.07. The zero-order chi connectivity index (χ0) is 12.3. The summed E-state index contributed by atoms with van der Waals surface area (Å²) in [5.41, 5.74) is 6.35. The fourth-order valence-corrected chi connectivity index (χ4v) is 1.38. The summed E-state index contributed by atoms with van der Waals surface area (Å²) >= 11 is 0. The van der Waals surface area contributed by atoms with Crippen molar-refractivity contribution in [2.24, 2.45) is 0 Å². The van der Waals surface area contributed by atoms with E-state index in [2.05, 4.69) is 0 Å². The maximum absolute atomic E-state index is 13.0. The van der Waals surface area contributed by atoms with Crippen molar-refractivity contribution in [3.63, 3.8) is 0 Å². The lowest BCUT2D eigenvalue weighted by molar-refractivity contribution is 0.475. The molecule has 0 saturated heterocycles. The van der Waals surface area contributed by atoms with Crippen molar-refractivity contribution in [2.45, 2.75) is 0 Å². The van der Waals surface area contributed by atoms with E-state index in [9.17, 15) is 4.39 Å². The van der Waals surface area contributed by atoms with Gasteiger partial charge in [-0.2, -0.15) is 5.26 Å². The van der Waals surface area contributed by atoms with Crippen LogP contribution in [0.25, 0.3) is 0 Å². The lowest BCUT2D eigenvalue weighted by Crippen LogP contribution is -1.91. The minimum Gasteiger partial charge on any atom is -0.456 e. The Hall–Kier alpha value is -2.54. The molecule has 17 heavy (non-hydrogen) atoms. The van der Waals surface area contributed by atoms with E-state index in [1.54, 1.807) is 18.2 Å². The molecule has 2 N–H and O–H groups in total. The quantitative estimate of drug-likeness (QED) is 0.803. The van der Waals surface area contributed by atoms with E-state index < -0.39 is 5.82 Å². The van der Waals surface area contributed by atoms with Crippen molar-refractivity contribution >= 4 is 5.69 Å². The molecule has 3 nitrogen and oxygen atoms in total. The lowest BCUT2D eigenvalue weighted by atomic mass is 10.2. The van der Waals surface area contributed by atoms with E-state index in [-0.39, 0.29) is 0 Å². The van der Waals surface area contributed by atoms with E-state index in [1.807, 2.05) is 6.07 Å². The number of hydrogen-bond acceptors (Lipinski definition) is 3. The predicted octanol–water partition coefficient (Wildman–Crippen LogP) is 3.07. The normalized spacial score (nSPS) is 9.65. The van der Waals surface area contributed by atoms with E-state index in [0.717, 1.165) is 0 Å². The van der Waals surface area contributed by atoms with Gasteiger partial charge in [0.15, 0.2) is 0 Å². The molecular weight excluding hydrogens is 219 g/mol. The van der Waals surface area contributed by atoms with Crippen LogP contribution in [0.4, 0.5) is 10.1 Å². The number of hydrogen-bond donors (Lipinski definition) is 1. The van der Waals surface area contributed by atoms with Crippen molar-refractivity contribution in [1.29, 1.82) is 5.26 Å². The molecule has 0 radical (unpaired) electrons. The molecule has 0 saturated carbocycles. The second-order valence-electron chi connectivity index (χ2n) is 3.43. The molecule has 0 heterocycles. The number of benzene rings is 2. The minimum atomic E-state index is -0.392. The summed E-state index contributed by atoms with van der Waals surface area (Å²) in [6.07, 6.45) is 0. The Morgan fingerprint density at radius 2 is 2.00 bits per heavy atom. The van der Waals surface area contributed by atoms with Crippen LogP contribution < -0.4 is 10.5 Å².